The molecule has 1 aliphatic rings. The van der Waals surface area contributed by atoms with E-state index in [0.717, 1.165) is 31.2 Å². The van der Waals surface area contributed by atoms with E-state index in [1.165, 1.54) is 4.90 Å². The van der Waals surface area contributed by atoms with E-state index in [2.05, 4.69) is 5.32 Å². The Balaban J connectivity index is 2.07. The summed E-state index contributed by atoms with van der Waals surface area (Å²) in [6.45, 7) is 3.83. The molecule has 1 aliphatic carbocycles. The second-order valence-electron chi connectivity index (χ2n) is 6.75. The van der Waals surface area contributed by atoms with Gasteiger partial charge in [0.2, 0.25) is 5.91 Å². The minimum absolute atomic E-state index is 0.0361. The fourth-order valence-corrected chi connectivity index (χ4v) is 2.99. The van der Waals surface area contributed by atoms with Crippen molar-refractivity contribution in [1.82, 2.24) is 10.2 Å². The summed E-state index contributed by atoms with van der Waals surface area (Å²) in [5.74, 6) is -0.333. The molecule has 0 bridgehead atoms. The number of likely N-dealkylation sites (N-methyl/N-ethyl adjacent to an activating group) is 1. The number of rotatable bonds is 7. The van der Waals surface area contributed by atoms with Crippen LogP contribution in [0.15, 0.2) is 30.3 Å². The van der Waals surface area contributed by atoms with Gasteiger partial charge in [0.1, 0.15) is 0 Å². The van der Waals surface area contributed by atoms with Gasteiger partial charge in [0, 0.05) is 13.1 Å². The lowest BCUT2D eigenvalue weighted by Crippen LogP contribution is -2.43. The summed E-state index contributed by atoms with van der Waals surface area (Å²) in [6.07, 6.45) is 3.76. The molecular weight excluding hydrogens is 304 g/mol. The Bertz CT molecular complexity index is 539. The van der Waals surface area contributed by atoms with Crippen molar-refractivity contribution < 1.29 is 14.3 Å². The summed E-state index contributed by atoms with van der Waals surface area (Å²) in [4.78, 5) is 26.2. The van der Waals surface area contributed by atoms with E-state index in [9.17, 15) is 9.59 Å². The van der Waals surface area contributed by atoms with Crippen molar-refractivity contribution in [3.05, 3.63) is 35.9 Å². The lowest BCUT2D eigenvalue weighted by molar-refractivity contribution is -0.149. The summed E-state index contributed by atoms with van der Waals surface area (Å²) in [6, 6.07) is 9.58. The summed E-state index contributed by atoms with van der Waals surface area (Å²) in [7, 11) is 1.65. The van der Waals surface area contributed by atoms with Crippen LogP contribution in [0.1, 0.15) is 51.2 Å². The largest absolute Gasteiger partial charge is 0.360 e. The second kappa shape index (κ2) is 8.83. The van der Waals surface area contributed by atoms with Gasteiger partial charge in [-0.25, -0.2) is 0 Å². The number of carbonyl (C=O) groups excluding carboxylic acids is 2. The smallest absolute Gasteiger partial charge is 0.256 e. The van der Waals surface area contributed by atoms with Crippen molar-refractivity contribution >= 4 is 11.8 Å². The first-order chi connectivity index (χ1) is 11.5. The number of hydrogen-bond acceptors (Lipinski definition) is 3. The molecule has 1 N–H and O–H groups in total. The molecule has 0 saturated heterocycles. The fraction of sp³-hybridized carbons (Fsp3) is 0.579. The monoisotopic (exact) mass is 332 g/mol. The van der Waals surface area contributed by atoms with Crippen molar-refractivity contribution in [2.45, 2.75) is 57.8 Å². The van der Waals surface area contributed by atoms with Crippen LogP contribution in [0.4, 0.5) is 0 Å². The number of benzene rings is 1. The standard InChI is InChI=1S/C19H28N2O3/c1-14(2)20-17(22)13-21(3)19(23)18(15-9-5-4-6-10-15)24-16-11-7-8-12-16/h4-6,9-10,14,16,18H,7-8,11-13H2,1-3H3,(H,20,22)/t18-/m1/s1. The quantitative estimate of drug-likeness (QED) is 0.835. The van der Waals surface area contributed by atoms with Crippen molar-refractivity contribution in [3.8, 4) is 0 Å². The zero-order valence-electron chi connectivity index (χ0n) is 14.8. The molecular formula is C19H28N2O3. The molecule has 24 heavy (non-hydrogen) atoms. The van der Waals surface area contributed by atoms with Crippen molar-refractivity contribution in [1.29, 1.82) is 0 Å². The van der Waals surface area contributed by atoms with Crippen LogP contribution < -0.4 is 5.32 Å². The van der Waals surface area contributed by atoms with Gasteiger partial charge < -0.3 is 15.0 Å². The molecule has 2 amide bonds. The Morgan fingerprint density at radius 3 is 2.42 bits per heavy atom. The van der Waals surface area contributed by atoms with E-state index in [1.807, 2.05) is 44.2 Å². The third kappa shape index (κ3) is 5.34. The van der Waals surface area contributed by atoms with Gasteiger partial charge in [-0.2, -0.15) is 0 Å². The molecule has 1 atom stereocenters. The first-order valence-electron chi connectivity index (χ1n) is 8.72. The first-order valence-corrected chi connectivity index (χ1v) is 8.72. The summed E-state index contributed by atoms with van der Waals surface area (Å²) in [5.41, 5.74) is 0.838. The molecule has 0 spiro atoms. The number of nitrogens with zero attached hydrogens (tertiary/aromatic N) is 1. The van der Waals surface area contributed by atoms with Gasteiger partial charge in [-0.3, -0.25) is 9.59 Å². The molecule has 2 rings (SSSR count). The van der Waals surface area contributed by atoms with E-state index in [-0.39, 0.29) is 30.5 Å². The molecule has 0 heterocycles. The van der Waals surface area contributed by atoms with Gasteiger partial charge in [-0.1, -0.05) is 43.2 Å². The molecule has 5 nitrogen and oxygen atoms in total. The maximum atomic E-state index is 12.9. The minimum Gasteiger partial charge on any atom is -0.360 e. The predicted molar refractivity (Wildman–Crippen MR) is 93.4 cm³/mol. The number of ether oxygens (including phenoxy) is 1. The highest BCUT2D eigenvalue weighted by Gasteiger charge is 2.29. The van der Waals surface area contributed by atoms with Gasteiger partial charge in [-0.05, 0) is 32.3 Å². The van der Waals surface area contributed by atoms with Crippen molar-refractivity contribution in [2.24, 2.45) is 0 Å². The normalized spacial score (nSPS) is 16.2. The van der Waals surface area contributed by atoms with Gasteiger partial charge in [0.15, 0.2) is 6.10 Å². The average Bonchev–Trinajstić information content (AvgIpc) is 3.05. The van der Waals surface area contributed by atoms with Crippen LogP contribution in [-0.4, -0.2) is 42.5 Å². The molecule has 1 saturated carbocycles. The molecule has 1 aromatic carbocycles. The maximum absolute atomic E-state index is 12.9. The Labute approximate surface area is 144 Å². The molecule has 0 unspecified atom stereocenters. The third-order valence-electron chi connectivity index (χ3n) is 4.16. The van der Waals surface area contributed by atoms with Crippen LogP contribution in [0.25, 0.3) is 0 Å². The lowest BCUT2D eigenvalue weighted by Gasteiger charge is -2.26. The van der Waals surface area contributed by atoms with Gasteiger partial charge in [0.05, 0.1) is 12.6 Å². The highest BCUT2D eigenvalue weighted by atomic mass is 16.5. The maximum Gasteiger partial charge on any atom is 0.256 e. The van der Waals surface area contributed by atoms with Crippen molar-refractivity contribution in [3.63, 3.8) is 0 Å². The second-order valence-corrected chi connectivity index (χ2v) is 6.75. The lowest BCUT2D eigenvalue weighted by atomic mass is 10.1. The highest BCUT2D eigenvalue weighted by Crippen LogP contribution is 2.28. The van der Waals surface area contributed by atoms with Crippen LogP contribution in [0, 0.1) is 0 Å². The zero-order chi connectivity index (χ0) is 17.5. The number of amides is 2. The van der Waals surface area contributed by atoms with Crippen molar-refractivity contribution in [2.75, 3.05) is 13.6 Å². The molecule has 0 aromatic heterocycles. The first kappa shape index (κ1) is 18.5. The average molecular weight is 332 g/mol. The fourth-order valence-electron chi connectivity index (χ4n) is 2.99. The zero-order valence-corrected chi connectivity index (χ0v) is 14.8. The van der Waals surface area contributed by atoms with Gasteiger partial charge in [-0.15, -0.1) is 0 Å². The Morgan fingerprint density at radius 1 is 1.21 bits per heavy atom. The third-order valence-corrected chi connectivity index (χ3v) is 4.16. The number of nitrogens with one attached hydrogen (secondary N) is 1. The van der Waals surface area contributed by atoms with Gasteiger partial charge in [0.25, 0.3) is 5.91 Å². The number of hydrogen-bond donors (Lipinski definition) is 1. The minimum atomic E-state index is -0.647. The van der Waals surface area contributed by atoms with E-state index in [4.69, 9.17) is 4.74 Å². The Kier molecular flexibility index (Phi) is 6.79. The molecule has 1 aromatic rings. The molecule has 132 valence electrons. The summed E-state index contributed by atoms with van der Waals surface area (Å²) >= 11 is 0. The summed E-state index contributed by atoms with van der Waals surface area (Å²) in [5, 5.41) is 2.81. The van der Waals surface area contributed by atoms with Crippen LogP contribution in [0.2, 0.25) is 0 Å². The predicted octanol–water partition coefficient (Wildman–Crippen LogP) is 2.67. The van der Waals surface area contributed by atoms with E-state index >= 15 is 0 Å². The summed E-state index contributed by atoms with van der Waals surface area (Å²) < 4.78 is 6.12. The van der Waals surface area contributed by atoms with Gasteiger partial charge >= 0.3 is 0 Å². The SMILES string of the molecule is CC(C)NC(=O)CN(C)C(=O)[C@H](OC1CCCC1)c1ccccc1. The Morgan fingerprint density at radius 2 is 1.83 bits per heavy atom. The number of carbonyl (C=O) groups is 2. The van der Waals surface area contributed by atoms with Crippen LogP contribution in [0.5, 0.6) is 0 Å². The van der Waals surface area contributed by atoms with E-state index < -0.39 is 6.10 Å². The van der Waals surface area contributed by atoms with Crippen LogP contribution >= 0.6 is 0 Å². The molecule has 0 radical (unpaired) electrons. The molecule has 1 fully saturated rings. The van der Waals surface area contributed by atoms with Crippen LogP contribution in [-0.2, 0) is 14.3 Å². The Hall–Kier alpha value is -1.88. The molecule has 0 aliphatic heterocycles. The molecule has 5 heteroatoms. The van der Waals surface area contributed by atoms with Crippen LogP contribution in [0.3, 0.4) is 0 Å². The topological polar surface area (TPSA) is 58.6 Å². The van der Waals surface area contributed by atoms with E-state index in [0.29, 0.717) is 0 Å². The van der Waals surface area contributed by atoms with E-state index in [1.54, 1.807) is 7.05 Å². The highest BCUT2D eigenvalue weighted by molar-refractivity contribution is 5.87.